The summed E-state index contributed by atoms with van der Waals surface area (Å²) in [5.74, 6) is 2.16. The van der Waals surface area contributed by atoms with Crippen molar-refractivity contribution in [3.8, 4) is 45.0 Å². The van der Waals surface area contributed by atoms with Gasteiger partial charge in [0.25, 0.3) is 0 Å². The number of carbonyl (C=O) groups excluding carboxylic acids is 1. The number of nitrogens with two attached hydrogens (primary N) is 1. The third-order valence-corrected chi connectivity index (χ3v) is 10.1. The number of ether oxygens (including phenoxy) is 4. The Morgan fingerprint density at radius 2 is 1.55 bits per heavy atom. The van der Waals surface area contributed by atoms with E-state index in [0.29, 0.717) is 64.8 Å². The average Bonchev–Trinajstić information content (AvgIpc) is 3.19. The summed E-state index contributed by atoms with van der Waals surface area (Å²) in [7, 11) is 1.62. The molecular formula is C42H45N5O6. The normalized spacial score (nSPS) is 15.3. The van der Waals surface area contributed by atoms with E-state index in [1.807, 2.05) is 66.2 Å². The summed E-state index contributed by atoms with van der Waals surface area (Å²) in [5.41, 5.74) is 11.8. The van der Waals surface area contributed by atoms with Crippen molar-refractivity contribution in [2.24, 2.45) is 11.8 Å². The summed E-state index contributed by atoms with van der Waals surface area (Å²) in [6.45, 7) is 6.29. The van der Waals surface area contributed by atoms with E-state index < -0.39 is 0 Å². The molecule has 0 aliphatic carbocycles. The van der Waals surface area contributed by atoms with Crippen LogP contribution in [0.2, 0.25) is 0 Å². The number of pyridine rings is 2. The van der Waals surface area contributed by atoms with Crippen molar-refractivity contribution >= 4 is 11.6 Å². The number of nitrogen functional groups attached to an aromatic ring is 1. The average molecular weight is 716 g/mol. The van der Waals surface area contributed by atoms with Gasteiger partial charge in [-0.2, -0.15) is 10.2 Å². The van der Waals surface area contributed by atoms with Crippen molar-refractivity contribution in [1.82, 2.24) is 19.7 Å². The van der Waals surface area contributed by atoms with Crippen LogP contribution in [-0.4, -0.2) is 65.7 Å². The van der Waals surface area contributed by atoms with Crippen molar-refractivity contribution in [3.63, 3.8) is 0 Å². The maximum Gasteiger partial charge on any atom is 0.200 e. The lowest BCUT2D eigenvalue weighted by Gasteiger charge is -2.23. The predicted octanol–water partition coefficient (Wildman–Crippen LogP) is 6.59. The molecule has 3 aromatic heterocycles. The van der Waals surface area contributed by atoms with Crippen LogP contribution in [0.1, 0.15) is 47.3 Å². The molecule has 0 saturated carbocycles. The molecule has 5 heterocycles. The summed E-state index contributed by atoms with van der Waals surface area (Å²) in [5, 5.41) is 8.80. The van der Waals surface area contributed by atoms with E-state index in [0.717, 1.165) is 74.4 Å². The van der Waals surface area contributed by atoms with Gasteiger partial charge in [0.05, 0.1) is 37.1 Å². The first-order chi connectivity index (χ1) is 25.8. The Morgan fingerprint density at radius 1 is 0.830 bits per heavy atom. The minimum absolute atomic E-state index is 0.0757. The van der Waals surface area contributed by atoms with E-state index in [2.05, 4.69) is 15.2 Å². The highest BCUT2D eigenvalue weighted by atomic mass is 16.5. The number of hydrogen-bond donors (Lipinski definition) is 1. The van der Waals surface area contributed by atoms with E-state index >= 15 is 0 Å². The number of methoxy groups -OCH3 is 1. The lowest BCUT2D eigenvalue weighted by atomic mass is 9.98. The fraction of sp³-hybridized carbons (Fsp3) is 0.357. The summed E-state index contributed by atoms with van der Waals surface area (Å²) < 4.78 is 24.8. The van der Waals surface area contributed by atoms with Crippen LogP contribution < -0.4 is 20.6 Å². The van der Waals surface area contributed by atoms with Crippen molar-refractivity contribution in [2.45, 2.75) is 45.6 Å². The molecule has 0 spiro atoms. The number of hydrogen-bond acceptors (Lipinski definition) is 10. The minimum atomic E-state index is -0.316. The predicted molar refractivity (Wildman–Crippen MR) is 203 cm³/mol. The molecule has 2 aliphatic heterocycles. The summed E-state index contributed by atoms with van der Waals surface area (Å²) in [6, 6.07) is 19.0. The molecule has 2 aromatic carbocycles. The number of ketones is 1. The molecule has 0 unspecified atom stereocenters. The first kappa shape index (κ1) is 36.0. The number of nitrogens with zero attached hydrogens (tertiary/aromatic N) is 4. The maximum absolute atomic E-state index is 13.8. The van der Waals surface area contributed by atoms with Crippen LogP contribution in [0.15, 0.2) is 84.0 Å². The first-order valence-electron chi connectivity index (χ1n) is 18.2. The van der Waals surface area contributed by atoms with Gasteiger partial charge in [-0.3, -0.25) is 9.59 Å². The lowest BCUT2D eigenvalue weighted by molar-refractivity contribution is 0.0493. The molecular weight excluding hydrogens is 670 g/mol. The summed E-state index contributed by atoms with van der Waals surface area (Å²) in [6.07, 6.45) is 9.04. The quantitative estimate of drug-likeness (QED) is 0.141. The second kappa shape index (κ2) is 16.5. The first-order valence-corrected chi connectivity index (χ1v) is 18.2. The molecule has 274 valence electrons. The number of benzene rings is 2. The molecule has 2 aliphatic rings. The molecule has 2 N–H and O–H groups in total. The molecule has 2 saturated heterocycles. The van der Waals surface area contributed by atoms with Gasteiger partial charge >= 0.3 is 0 Å². The van der Waals surface area contributed by atoms with Gasteiger partial charge in [-0.1, -0.05) is 35.9 Å². The van der Waals surface area contributed by atoms with Crippen LogP contribution in [0, 0.1) is 18.8 Å². The van der Waals surface area contributed by atoms with Gasteiger partial charge in [-0.15, -0.1) is 0 Å². The zero-order chi connectivity index (χ0) is 36.7. The Morgan fingerprint density at radius 3 is 2.25 bits per heavy atom. The Hall–Kier alpha value is -5.39. The molecule has 53 heavy (non-hydrogen) atoms. The number of carbonyl (C=O) groups is 1. The van der Waals surface area contributed by atoms with Gasteiger partial charge in [0.2, 0.25) is 0 Å². The monoisotopic (exact) mass is 715 g/mol. The second-order valence-corrected chi connectivity index (χ2v) is 13.9. The number of aromatic nitrogens is 4. The van der Waals surface area contributed by atoms with Crippen LogP contribution >= 0.6 is 0 Å². The standard InChI is InChI=1S/C42H45N5O6/c1-27-3-5-30(6-4-27)35-24-47(23-28-11-15-51-16-12-28)25-36(41(35)49)38(48)21-33-8-9-37(46-45-33)34-19-32(22-44-42(34)43)31-7-10-39(40(20-31)50-2)53-26-29-13-17-52-18-14-29/h3-10,19-20,22,24-25,28-29H,11-18,21,23,26H2,1-2H3,(H2,43,44). The fourth-order valence-electron chi connectivity index (χ4n) is 6.88. The molecule has 7 rings (SSSR count). The third-order valence-electron chi connectivity index (χ3n) is 10.1. The largest absolute Gasteiger partial charge is 0.493 e. The fourth-order valence-corrected chi connectivity index (χ4v) is 6.88. The topological polar surface area (TPSA) is 141 Å². The molecule has 5 aromatic rings. The second-order valence-electron chi connectivity index (χ2n) is 13.9. The Kier molecular flexibility index (Phi) is 11.2. The number of Topliss-reactive ketones (excluding diaryl/α,β-unsaturated/α-hetero) is 1. The highest BCUT2D eigenvalue weighted by Gasteiger charge is 2.21. The van der Waals surface area contributed by atoms with E-state index in [4.69, 9.17) is 24.7 Å². The zero-order valence-electron chi connectivity index (χ0n) is 30.3. The molecule has 11 nitrogen and oxygen atoms in total. The van der Waals surface area contributed by atoms with Gasteiger partial charge in [0.1, 0.15) is 5.82 Å². The molecule has 2 fully saturated rings. The molecule has 0 amide bonds. The number of anilines is 1. The van der Waals surface area contributed by atoms with Crippen LogP contribution in [-0.2, 0) is 22.4 Å². The van der Waals surface area contributed by atoms with Crippen molar-refractivity contribution < 1.29 is 23.7 Å². The number of rotatable bonds is 12. The highest BCUT2D eigenvalue weighted by molar-refractivity contribution is 5.98. The lowest BCUT2D eigenvalue weighted by Crippen LogP contribution is -2.25. The van der Waals surface area contributed by atoms with Crippen LogP contribution in [0.25, 0.3) is 33.5 Å². The van der Waals surface area contributed by atoms with E-state index in [1.165, 1.54) is 0 Å². The minimum Gasteiger partial charge on any atom is -0.493 e. The Labute approximate surface area is 309 Å². The van der Waals surface area contributed by atoms with Crippen LogP contribution in [0.5, 0.6) is 11.5 Å². The smallest absolute Gasteiger partial charge is 0.200 e. The molecule has 0 bridgehead atoms. The maximum atomic E-state index is 13.8. The van der Waals surface area contributed by atoms with Crippen LogP contribution in [0.4, 0.5) is 5.82 Å². The van der Waals surface area contributed by atoms with E-state index in [1.54, 1.807) is 31.6 Å². The van der Waals surface area contributed by atoms with Crippen molar-refractivity contribution in [3.05, 3.63) is 106 Å². The molecule has 0 radical (unpaired) electrons. The van der Waals surface area contributed by atoms with E-state index in [-0.39, 0.29) is 23.2 Å². The number of aryl methyl sites for hydroxylation is 1. The Bertz CT molecular complexity index is 2100. The van der Waals surface area contributed by atoms with Gasteiger partial charge < -0.3 is 29.2 Å². The van der Waals surface area contributed by atoms with Gasteiger partial charge in [0, 0.05) is 68.3 Å². The van der Waals surface area contributed by atoms with Crippen LogP contribution in [0.3, 0.4) is 0 Å². The highest BCUT2D eigenvalue weighted by Crippen LogP contribution is 2.35. The SMILES string of the molecule is COc1cc(-c2cnc(N)c(-c3ccc(CC(=O)c4cn(CC5CCOCC5)cc(-c5ccc(C)cc5)c4=O)nn3)c2)ccc1OCC1CCOCC1. The summed E-state index contributed by atoms with van der Waals surface area (Å²) in [4.78, 5) is 32.0. The summed E-state index contributed by atoms with van der Waals surface area (Å²) >= 11 is 0. The zero-order valence-corrected chi connectivity index (χ0v) is 30.3. The van der Waals surface area contributed by atoms with Gasteiger partial charge in [0.15, 0.2) is 22.7 Å². The molecule has 11 heteroatoms. The third kappa shape index (κ3) is 8.64. The Balaban J connectivity index is 1.09. The van der Waals surface area contributed by atoms with Gasteiger partial charge in [-0.25, -0.2) is 4.98 Å². The van der Waals surface area contributed by atoms with Crippen molar-refractivity contribution in [2.75, 3.05) is 45.9 Å². The van der Waals surface area contributed by atoms with Gasteiger partial charge in [-0.05, 0) is 85.9 Å². The van der Waals surface area contributed by atoms with E-state index in [9.17, 15) is 9.59 Å². The van der Waals surface area contributed by atoms with Crippen molar-refractivity contribution in [1.29, 1.82) is 0 Å². The molecule has 0 atom stereocenters.